The summed E-state index contributed by atoms with van der Waals surface area (Å²) in [5.41, 5.74) is 7.84. The number of pyridine rings is 1. The standard InChI is InChI=1S/C14H14N4O3S/c15-13(19)9-1-2-10(17-5-9)11-7-18(3-4-21-11)14(20)12-6-16-8-22-12/h1-2,5-6,8,11H,3-4,7H2,(H2,15,19). The third-order valence-electron chi connectivity index (χ3n) is 3.40. The van der Waals surface area contributed by atoms with Crippen LogP contribution in [-0.4, -0.2) is 46.4 Å². The van der Waals surface area contributed by atoms with Crippen molar-refractivity contribution in [3.63, 3.8) is 0 Å². The van der Waals surface area contributed by atoms with Gasteiger partial charge in [0.15, 0.2) is 0 Å². The third kappa shape index (κ3) is 2.97. The molecule has 0 radical (unpaired) electrons. The van der Waals surface area contributed by atoms with Gasteiger partial charge >= 0.3 is 0 Å². The number of carbonyl (C=O) groups excluding carboxylic acids is 2. The zero-order chi connectivity index (χ0) is 15.5. The number of hydrogen-bond donors (Lipinski definition) is 1. The molecule has 1 unspecified atom stereocenters. The second kappa shape index (κ2) is 6.20. The van der Waals surface area contributed by atoms with Crippen molar-refractivity contribution in [3.05, 3.63) is 46.2 Å². The van der Waals surface area contributed by atoms with Gasteiger partial charge in [-0.25, -0.2) is 0 Å². The summed E-state index contributed by atoms with van der Waals surface area (Å²) in [6, 6.07) is 3.31. The van der Waals surface area contributed by atoms with Crippen LogP contribution >= 0.6 is 11.3 Å². The molecule has 2 aromatic rings. The van der Waals surface area contributed by atoms with E-state index in [1.165, 1.54) is 17.5 Å². The van der Waals surface area contributed by atoms with Crippen molar-refractivity contribution in [1.82, 2.24) is 14.9 Å². The largest absolute Gasteiger partial charge is 0.368 e. The molecule has 0 bridgehead atoms. The van der Waals surface area contributed by atoms with Crippen molar-refractivity contribution >= 4 is 23.2 Å². The maximum atomic E-state index is 12.3. The average molecular weight is 318 g/mol. The molecule has 3 heterocycles. The van der Waals surface area contributed by atoms with E-state index in [4.69, 9.17) is 10.5 Å². The van der Waals surface area contributed by atoms with Crippen LogP contribution in [0.4, 0.5) is 0 Å². The highest BCUT2D eigenvalue weighted by atomic mass is 32.1. The summed E-state index contributed by atoms with van der Waals surface area (Å²) >= 11 is 1.32. The van der Waals surface area contributed by atoms with Gasteiger partial charge in [0.1, 0.15) is 11.0 Å². The number of rotatable bonds is 3. The summed E-state index contributed by atoms with van der Waals surface area (Å²) in [7, 11) is 0. The van der Waals surface area contributed by atoms with Crippen molar-refractivity contribution in [2.24, 2.45) is 5.73 Å². The van der Waals surface area contributed by atoms with Gasteiger partial charge in [0, 0.05) is 12.7 Å². The molecule has 2 N–H and O–H groups in total. The minimum absolute atomic E-state index is 0.0513. The number of thiazole rings is 1. The van der Waals surface area contributed by atoms with E-state index in [1.54, 1.807) is 28.7 Å². The van der Waals surface area contributed by atoms with Gasteiger partial charge in [-0.15, -0.1) is 11.3 Å². The minimum Gasteiger partial charge on any atom is -0.368 e. The lowest BCUT2D eigenvalue weighted by Crippen LogP contribution is -2.42. The number of ether oxygens (including phenoxy) is 1. The molecule has 1 atom stereocenters. The van der Waals surface area contributed by atoms with Crippen LogP contribution in [0.3, 0.4) is 0 Å². The second-order valence-corrected chi connectivity index (χ2v) is 5.70. The molecule has 0 aliphatic carbocycles. The van der Waals surface area contributed by atoms with Crippen LogP contribution in [0.5, 0.6) is 0 Å². The Kier molecular flexibility index (Phi) is 4.12. The lowest BCUT2D eigenvalue weighted by atomic mass is 10.1. The van der Waals surface area contributed by atoms with Gasteiger partial charge in [-0.05, 0) is 12.1 Å². The zero-order valence-corrected chi connectivity index (χ0v) is 12.5. The smallest absolute Gasteiger partial charge is 0.265 e. The molecule has 8 heteroatoms. The summed E-state index contributed by atoms with van der Waals surface area (Å²) in [6.45, 7) is 1.39. The Balaban J connectivity index is 1.72. The van der Waals surface area contributed by atoms with Crippen LogP contribution in [0.25, 0.3) is 0 Å². The molecule has 0 aromatic carbocycles. The fourth-order valence-electron chi connectivity index (χ4n) is 2.23. The quantitative estimate of drug-likeness (QED) is 0.904. The monoisotopic (exact) mass is 318 g/mol. The third-order valence-corrected chi connectivity index (χ3v) is 4.16. The Morgan fingerprint density at radius 1 is 1.36 bits per heavy atom. The molecule has 0 saturated carbocycles. The number of morpholine rings is 1. The Morgan fingerprint density at radius 3 is 2.86 bits per heavy atom. The molecule has 0 spiro atoms. The lowest BCUT2D eigenvalue weighted by molar-refractivity contribution is -0.0245. The minimum atomic E-state index is -0.523. The Labute approximate surface area is 130 Å². The molecule has 114 valence electrons. The van der Waals surface area contributed by atoms with E-state index in [-0.39, 0.29) is 12.0 Å². The molecule has 2 amide bonds. The molecule has 7 nitrogen and oxygen atoms in total. The lowest BCUT2D eigenvalue weighted by Gasteiger charge is -2.32. The van der Waals surface area contributed by atoms with Gasteiger partial charge in [0.05, 0.1) is 36.1 Å². The number of primary amides is 1. The topological polar surface area (TPSA) is 98.4 Å². The van der Waals surface area contributed by atoms with Crippen molar-refractivity contribution in [1.29, 1.82) is 0 Å². The second-order valence-electron chi connectivity index (χ2n) is 4.81. The number of aromatic nitrogens is 2. The van der Waals surface area contributed by atoms with Crippen molar-refractivity contribution in [3.8, 4) is 0 Å². The maximum absolute atomic E-state index is 12.3. The molecule has 1 aliphatic rings. The first-order valence-electron chi connectivity index (χ1n) is 6.70. The number of nitrogens with two attached hydrogens (primary N) is 1. The van der Waals surface area contributed by atoms with E-state index in [9.17, 15) is 9.59 Å². The van der Waals surface area contributed by atoms with E-state index in [0.717, 1.165) is 0 Å². The van der Waals surface area contributed by atoms with Gasteiger partial charge in [0.2, 0.25) is 5.91 Å². The highest BCUT2D eigenvalue weighted by molar-refractivity contribution is 7.11. The molecule has 1 saturated heterocycles. The fraction of sp³-hybridized carbons (Fsp3) is 0.286. The summed E-state index contributed by atoms with van der Waals surface area (Å²) in [6.07, 6.45) is 2.68. The van der Waals surface area contributed by atoms with Crippen LogP contribution in [0.1, 0.15) is 31.8 Å². The van der Waals surface area contributed by atoms with E-state index in [0.29, 0.717) is 35.8 Å². The predicted octanol–water partition coefficient (Wildman–Crippen LogP) is 0.851. The first-order chi connectivity index (χ1) is 10.6. The highest BCUT2D eigenvalue weighted by Gasteiger charge is 2.27. The van der Waals surface area contributed by atoms with E-state index < -0.39 is 5.91 Å². The molecule has 2 aromatic heterocycles. The molecule has 22 heavy (non-hydrogen) atoms. The van der Waals surface area contributed by atoms with Crippen LogP contribution < -0.4 is 5.73 Å². The number of amides is 2. The van der Waals surface area contributed by atoms with Crippen LogP contribution in [-0.2, 0) is 4.74 Å². The summed E-state index contributed by atoms with van der Waals surface area (Å²) in [5, 5.41) is 0. The van der Waals surface area contributed by atoms with Crippen molar-refractivity contribution in [2.45, 2.75) is 6.10 Å². The first-order valence-corrected chi connectivity index (χ1v) is 7.58. The summed E-state index contributed by atoms with van der Waals surface area (Å²) in [5.74, 6) is -0.574. The van der Waals surface area contributed by atoms with Gasteiger partial charge in [0.25, 0.3) is 5.91 Å². The first kappa shape index (κ1) is 14.6. The van der Waals surface area contributed by atoms with E-state index in [2.05, 4.69) is 9.97 Å². The Bertz CT molecular complexity index is 672. The number of carbonyl (C=O) groups is 2. The van der Waals surface area contributed by atoms with Gasteiger partial charge in [-0.2, -0.15) is 0 Å². The Morgan fingerprint density at radius 2 is 2.23 bits per heavy atom. The van der Waals surface area contributed by atoms with Crippen molar-refractivity contribution < 1.29 is 14.3 Å². The Hall–Kier alpha value is -2.32. The van der Waals surface area contributed by atoms with Gasteiger partial charge in [-0.1, -0.05) is 0 Å². The van der Waals surface area contributed by atoms with Gasteiger partial charge < -0.3 is 15.4 Å². The molecule has 1 fully saturated rings. The van der Waals surface area contributed by atoms with E-state index >= 15 is 0 Å². The van der Waals surface area contributed by atoms with Crippen LogP contribution in [0, 0.1) is 0 Å². The predicted molar refractivity (Wildman–Crippen MR) is 79.5 cm³/mol. The number of hydrogen-bond acceptors (Lipinski definition) is 6. The molecule has 1 aliphatic heterocycles. The fourth-order valence-corrected chi connectivity index (χ4v) is 2.82. The van der Waals surface area contributed by atoms with Crippen molar-refractivity contribution in [2.75, 3.05) is 19.7 Å². The summed E-state index contributed by atoms with van der Waals surface area (Å²) < 4.78 is 5.68. The average Bonchev–Trinajstić information content (AvgIpc) is 3.09. The van der Waals surface area contributed by atoms with Crippen LogP contribution in [0.2, 0.25) is 0 Å². The van der Waals surface area contributed by atoms with Crippen LogP contribution in [0.15, 0.2) is 30.0 Å². The SMILES string of the molecule is NC(=O)c1ccc(C2CN(C(=O)c3cncs3)CCO2)nc1. The molecular formula is C14H14N4O3S. The van der Waals surface area contributed by atoms with E-state index in [1.807, 2.05) is 0 Å². The molecule has 3 rings (SSSR count). The highest BCUT2D eigenvalue weighted by Crippen LogP contribution is 2.22. The normalized spacial score (nSPS) is 18.2. The van der Waals surface area contributed by atoms with Gasteiger partial charge in [-0.3, -0.25) is 19.6 Å². The molecular weight excluding hydrogens is 304 g/mol. The number of nitrogens with zero attached hydrogens (tertiary/aromatic N) is 3. The summed E-state index contributed by atoms with van der Waals surface area (Å²) in [4.78, 5) is 33.9. The zero-order valence-electron chi connectivity index (χ0n) is 11.6. The maximum Gasteiger partial charge on any atom is 0.265 e.